The van der Waals surface area contributed by atoms with Gasteiger partial charge in [-0.15, -0.1) is 0 Å². The molecule has 1 N–H and O–H groups in total. The van der Waals surface area contributed by atoms with Crippen LogP contribution in [0.4, 0.5) is 0 Å². The molecule has 1 heterocycles. The highest BCUT2D eigenvalue weighted by Crippen LogP contribution is 2.27. The molecule has 1 saturated carbocycles. The van der Waals surface area contributed by atoms with E-state index in [1.54, 1.807) is 7.11 Å². The minimum Gasteiger partial charge on any atom is -0.496 e. The standard InChI is InChI=1S/C16H27N3O/c1-11-8-18-15(13(3)16(11)20-5)10-17-9-12(2)19(4)14-6-7-14/h8,12,14,17H,6-7,9-10H2,1-5H3. The van der Waals surface area contributed by atoms with Gasteiger partial charge in [-0.3, -0.25) is 9.88 Å². The molecule has 1 aromatic heterocycles. The Morgan fingerprint density at radius 3 is 2.75 bits per heavy atom. The molecule has 1 aliphatic carbocycles. The number of nitrogens with one attached hydrogen (secondary N) is 1. The number of aromatic nitrogens is 1. The van der Waals surface area contributed by atoms with E-state index in [2.05, 4.69) is 36.1 Å². The highest BCUT2D eigenvalue weighted by Gasteiger charge is 2.28. The number of hydrogen-bond acceptors (Lipinski definition) is 4. The van der Waals surface area contributed by atoms with Crippen LogP contribution in [0.3, 0.4) is 0 Å². The third-order valence-corrected chi connectivity index (χ3v) is 4.30. The van der Waals surface area contributed by atoms with Crippen molar-refractivity contribution in [1.29, 1.82) is 0 Å². The van der Waals surface area contributed by atoms with Crippen molar-refractivity contribution in [3.8, 4) is 5.75 Å². The quantitative estimate of drug-likeness (QED) is 0.829. The molecule has 0 saturated heterocycles. The van der Waals surface area contributed by atoms with Crippen molar-refractivity contribution in [2.45, 2.75) is 52.2 Å². The SMILES string of the molecule is COc1c(C)cnc(CNCC(C)N(C)C2CC2)c1C. The van der Waals surface area contributed by atoms with Crippen LogP contribution in [0.25, 0.3) is 0 Å². The zero-order valence-corrected chi connectivity index (χ0v) is 13.4. The minimum absolute atomic E-state index is 0.565. The summed E-state index contributed by atoms with van der Waals surface area (Å²) in [6, 6.07) is 1.38. The van der Waals surface area contributed by atoms with Gasteiger partial charge < -0.3 is 10.1 Å². The number of likely N-dealkylation sites (N-methyl/N-ethyl adjacent to an activating group) is 1. The number of ether oxygens (including phenoxy) is 1. The second-order valence-corrected chi connectivity index (χ2v) is 5.92. The summed E-state index contributed by atoms with van der Waals surface area (Å²) in [4.78, 5) is 6.99. The monoisotopic (exact) mass is 277 g/mol. The Kier molecular flexibility index (Phi) is 5.00. The van der Waals surface area contributed by atoms with Gasteiger partial charge in [0, 0.05) is 42.5 Å². The van der Waals surface area contributed by atoms with Gasteiger partial charge in [-0.25, -0.2) is 0 Å². The van der Waals surface area contributed by atoms with E-state index in [0.29, 0.717) is 6.04 Å². The maximum absolute atomic E-state index is 5.45. The van der Waals surface area contributed by atoms with Gasteiger partial charge in [0.1, 0.15) is 5.75 Å². The zero-order chi connectivity index (χ0) is 14.7. The molecule has 1 fully saturated rings. The summed E-state index contributed by atoms with van der Waals surface area (Å²) in [6.07, 6.45) is 4.61. The van der Waals surface area contributed by atoms with Gasteiger partial charge >= 0.3 is 0 Å². The van der Waals surface area contributed by atoms with Crippen LogP contribution in [-0.4, -0.2) is 42.7 Å². The summed E-state index contributed by atoms with van der Waals surface area (Å²) < 4.78 is 5.45. The third kappa shape index (κ3) is 3.49. The lowest BCUT2D eigenvalue weighted by Crippen LogP contribution is -2.39. The first-order valence-electron chi connectivity index (χ1n) is 7.46. The number of pyridine rings is 1. The normalized spacial score (nSPS) is 16.5. The lowest BCUT2D eigenvalue weighted by Gasteiger charge is -2.24. The van der Waals surface area contributed by atoms with Crippen molar-refractivity contribution in [1.82, 2.24) is 15.2 Å². The molecule has 20 heavy (non-hydrogen) atoms. The largest absolute Gasteiger partial charge is 0.496 e. The molecule has 4 heteroatoms. The first-order chi connectivity index (χ1) is 9.54. The first-order valence-corrected chi connectivity index (χ1v) is 7.46. The average Bonchev–Trinajstić information content (AvgIpc) is 3.25. The fraction of sp³-hybridized carbons (Fsp3) is 0.688. The van der Waals surface area contributed by atoms with Crippen molar-refractivity contribution >= 4 is 0 Å². The highest BCUT2D eigenvalue weighted by molar-refractivity contribution is 5.40. The fourth-order valence-electron chi connectivity index (χ4n) is 2.63. The smallest absolute Gasteiger partial charge is 0.128 e. The Labute approximate surface area is 122 Å². The Morgan fingerprint density at radius 2 is 2.15 bits per heavy atom. The summed E-state index contributed by atoms with van der Waals surface area (Å²) in [5.41, 5.74) is 3.31. The molecule has 1 unspecified atom stereocenters. The predicted octanol–water partition coefficient (Wildman–Crippen LogP) is 2.28. The molecule has 1 aliphatic rings. The molecule has 1 atom stereocenters. The number of rotatable bonds is 7. The summed E-state index contributed by atoms with van der Waals surface area (Å²) >= 11 is 0. The van der Waals surface area contributed by atoms with E-state index in [-0.39, 0.29) is 0 Å². The van der Waals surface area contributed by atoms with E-state index in [1.165, 1.54) is 12.8 Å². The van der Waals surface area contributed by atoms with Gasteiger partial charge in [-0.05, 0) is 40.7 Å². The van der Waals surface area contributed by atoms with Crippen molar-refractivity contribution in [2.75, 3.05) is 20.7 Å². The molecular weight excluding hydrogens is 250 g/mol. The Hall–Kier alpha value is -1.13. The highest BCUT2D eigenvalue weighted by atomic mass is 16.5. The number of methoxy groups -OCH3 is 1. The van der Waals surface area contributed by atoms with E-state index in [0.717, 1.165) is 41.7 Å². The minimum atomic E-state index is 0.565. The molecule has 0 amide bonds. The van der Waals surface area contributed by atoms with E-state index in [1.807, 2.05) is 13.1 Å². The molecule has 0 aliphatic heterocycles. The Balaban J connectivity index is 1.87. The van der Waals surface area contributed by atoms with Crippen LogP contribution >= 0.6 is 0 Å². The van der Waals surface area contributed by atoms with Crippen LogP contribution in [-0.2, 0) is 6.54 Å². The van der Waals surface area contributed by atoms with E-state index >= 15 is 0 Å². The molecule has 0 bridgehead atoms. The van der Waals surface area contributed by atoms with Gasteiger partial charge in [0.05, 0.1) is 12.8 Å². The van der Waals surface area contributed by atoms with Crippen LogP contribution < -0.4 is 10.1 Å². The molecule has 4 nitrogen and oxygen atoms in total. The number of hydrogen-bond donors (Lipinski definition) is 1. The number of aryl methyl sites for hydroxylation is 1. The van der Waals surface area contributed by atoms with Crippen molar-refractivity contribution < 1.29 is 4.74 Å². The van der Waals surface area contributed by atoms with E-state index in [4.69, 9.17) is 4.74 Å². The summed E-state index contributed by atoms with van der Waals surface area (Å²) in [5.74, 6) is 0.958. The topological polar surface area (TPSA) is 37.4 Å². The van der Waals surface area contributed by atoms with Crippen LogP contribution in [0, 0.1) is 13.8 Å². The maximum Gasteiger partial charge on any atom is 0.128 e. The predicted molar refractivity (Wildman–Crippen MR) is 82.2 cm³/mol. The van der Waals surface area contributed by atoms with Gasteiger partial charge in [0.25, 0.3) is 0 Å². The molecule has 112 valence electrons. The average molecular weight is 277 g/mol. The van der Waals surface area contributed by atoms with Crippen molar-refractivity contribution in [2.24, 2.45) is 0 Å². The second kappa shape index (κ2) is 6.55. The fourth-order valence-corrected chi connectivity index (χ4v) is 2.63. The van der Waals surface area contributed by atoms with Crippen LogP contribution in [0.1, 0.15) is 36.6 Å². The molecule has 0 spiro atoms. The summed E-state index contributed by atoms with van der Waals surface area (Å²) in [7, 11) is 3.95. The van der Waals surface area contributed by atoms with Crippen molar-refractivity contribution in [3.05, 3.63) is 23.0 Å². The van der Waals surface area contributed by atoms with Crippen LogP contribution in [0.5, 0.6) is 5.75 Å². The van der Waals surface area contributed by atoms with Gasteiger partial charge in [0.2, 0.25) is 0 Å². The lowest BCUT2D eigenvalue weighted by atomic mass is 10.1. The van der Waals surface area contributed by atoms with Crippen molar-refractivity contribution in [3.63, 3.8) is 0 Å². The maximum atomic E-state index is 5.45. The van der Waals surface area contributed by atoms with Gasteiger partial charge in [-0.1, -0.05) is 0 Å². The van der Waals surface area contributed by atoms with Crippen LogP contribution in [0.15, 0.2) is 6.20 Å². The summed E-state index contributed by atoms with van der Waals surface area (Å²) in [6.45, 7) is 8.18. The summed E-state index contributed by atoms with van der Waals surface area (Å²) in [5, 5.41) is 3.52. The van der Waals surface area contributed by atoms with E-state index < -0.39 is 0 Å². The Bertz CT molecular complexity index is 457. The van der Waals surface area contributed by atoms with Gasteiger partial charge in [-0.2, -0.15) is 0 Å². The second-order valence-electron chi connectivity index (χ2n) is 5.92. The third-order valence-electron chi connectivity index (χ3n) is 4.30. The Morgan fingerprint density at radius 1 is 1.45 bits per heavy atom. The molecule has 0 radical (unpaired) electrons. The molecular formula is C16H27N3O. The van der Waals surface area contributed by atoms with Gasteiger partial charge in [0.15, 0.2) is 0 Å². The molecule has 2 rings (SSSR count). The number of nitrogens with zero attached hydrogens (tertiary/aromatic N) is 2. The molecule has 1 aromatic rings. The van der Waals surface area contributed by atoms with E-state index in [9.17, 15) is 0 Å². The zero-order valence-electron chi connectivity index (χ0n) is 13.4. The van der Waals surface area contributed by atoms with Crippen LogP contribution in [0.2, 0.25) is 0 Å². The lowest BCUT2D eigenvalue weighted by molar-refractivity contribution is 0.240. The first kappa shape index (κ1) is 15.3. The molecule has 0 aromatic carbocycles.